The van der Waals surface area contributed by atoms with E-state index in [0.717, 1.165) is 4.90 Å². The van der Waals surface area contributed by atoms with Crippen molar-refractivity contribution in [2.45, 2.75) is 50.2 Å². The van der Waals surface area contributed by atoms with Crippen LogP contribution in [0.2, 0.25) is 0 Å². The van der Waals surface area contributed by atoms with Gasteiger partial charge in [-0.05, 0) is 37.8 Å². The number of benzene rings is 1. The molecule has 0 spiro atoms. The zero-order chi connectivity index (χ0) is 25.4. The van der Waals surface area contributed by atoms with E-state index in [9.17, 15) is 35.9 Å². The summed E-state index contributed by atoms with van der Waals surface area (Å²) in [4.78, 5) is 25.7. The molecule has 1 aromatic rings. The zero-order valence-electron chi connectivity index (χ0n) is 17.3. The number of imide groups is 1. The van der Waals surface area contributed by atoms with E-state index in [2.05, 4.69) is 31.9 Å². The molecule has 0 saturated heterocycles. The fourth-order valence-corrected chi connectivity index (χ4v) is 4.94. The van der Waals surface area contributed by atoms with Crippen LogP contribution in [0.4, 0.5) is 26.3 Å². The molecular weight excluding hydrogens is 600 g/mol. The summed E-state index contributed by atoms with van der Waals surface area (Å²) >= 11 is 6.20. The minimum atomic E-state index is -4.35. The minimum Gasteiger partial charge on any atom is -0.388 e. The third-order valence-corrected chi connectivity index (χ3v) is 7.61. The highest BCUT2D eigenvalue weighted by Gasteiger charge is 2.48. The maximum atomic E-state index is 13.0. The zero-order valence-corrected chi connectivity index (χ0v) is 20.5. The molecule has 2 amide bonds. The largest absolute Gasteiger partial charge is 0.392 e. The van der Waals surface area contributed by atoms with E-state index >= 15 is 0 Å². The van der Waals surface area contributed by atoms with Gasteiger partial charge in [-0.25, -0.2) is 0 Å². The quantitative estimate of drug-likeness (QED) is 0.289. The lowest BCUT2D eigenvalue weighted by Crippen LogP contribution is -2.44. The predicted octanol–water partition coefficient (Wildman–Crippen LogP) is 6.50. The Hall–Kier alpha value is -1.66. The van der Waals surface area contributed by atoms with Crippen LogP contribution in [0, 0.1) is 11.8 Å². The molecule has 2 aliphatic carbocycles. The summed E-state index contributed by atoms with van der Waals surface area (Å²) in [6.07, 6.45) is -7.49. The second-order valence-corrected chi connectivity index (χ2v) is 9.99. The van der Waals surface area contributed by atoms with Crippen LogP contribution in [0.5, 0.6) is 0 Å². The molecule has 1 N–H and O–H groups in total. The maximum Gasteiger partial charge on any atom is 0.392 e. The topological polar surface area (TPSA) is 57.6 Å². The standard InChI is InChI=1S/C15H11BrF3NO2.C7H8BrF3O/c16-11-6-5-8(15(17,18)19)7-12(11)20-13(21)9-3-1-2-4-10(9)14(20)22;8-5-2-1-4(3-6(5)12)7(9,10)11/h1-4,6,8,12H,5,7H2;2,4,6,12H,1,3H2/t8-,12-;4-,6+/m11/s1. The summed E-state index contributed by atoms with van der Waals surface area (Å²) in [7, 11) is 0. The Bertz CT molecular complexity index is 986. The van der Waals surface area contributed by atoms with Crippen molar-refractivity contribution in [3.8, 4) is 0 Å². The molecule has 34 heavy (non-hydrogen) atoms. The molecule has 186 valence electrons. The van der Waals surface area contributed by atoms with Crippen molar-refractivity contribution in [2.75, 3.05) is 0 Å². The SMILES string of the molecule is O=C1c2ccccc2C(=O)N1[C@@H]1C[C@H](C(F)(F)F)CC=C1Br.O[C@H]1C[C@H](C(F)(F)F)CC=C1Br. The van der Waals surface area contributed by atoms with Crippen molar-refractivity contribution in [2.24, 2.45) is 11.8 Å². The molecule has 1 heterocycles. The van der Waals surface area contributed by atoms with Crippen molar-refractivity contribution in [1.29, 1.82) is 0 Å². The fraction of sp³-hybridized carbons (Fsp3) is 0.455. The Morgan fingerprint density at radius 1 is 0.794 bits per heavy atom. The number of allylic oxidation sites excluding steroid dienone is 2. The molecule has 0 saturated carbocycles. The van der Waals surface area contributed by atoms with Crippen LogP contribution in [-0.2, 0) is 0 Å². The summed E-state index contributed by atoms with van der Waals surface area (Å²) in [5.74, 6) is -4.03. The number of halogens is 8. The maximum absolute atomic E-state index is 13.0. The fourth-order valence-electron chi connectivity index (χ4n) is 3.99. The van der Waals surface area contributed by atoms with E-state index in [0.29, 0.717) is 8.96 Å². The lowest BCUT2D eigenvalue weighted by atomic mass is 9.89. The lowest BCUT2D eigenvalue weighted by Gasteiger charge is -2.33. The van der Waals surface area contributed by atoms with Gasteiger partial charge in [-0.3, -0.25) is 14.5 Å². The first-order chi connectivity index (χ1) is 15.7. The van der Waals surface area contributed by atoms with E-state index in [4.69, 9.17) is 5.11 Å². The van der Waals surface area contributed by atoms with Crippen molar-refractivity contribution in [1.82, 2.24) is 4.90 Å². The molecule has 1 aromatic carbocycles. The number of fused-ring (bicyclic) bond motifs is 1. The Morgan fingerprint density at radius 3 is 1.68 bits per heavy atom. The van der Waals surface area contributed by atoms with Gasteiger partial charge in [0, 0.05) is 8.96 Å². The van der Waals surface area contributed by atoms with Gasteiger partial charge in [0.05, 0.1) is 35.1 Å². The number of carbonyl (C=O) groups is 2. The van der Waals surface area contributed by atoms with Gasteiger partial charge in [0.1, 0.15) is 0 Å². The first-order valence-corrected chi connectivity index (χ1v) is 11.8. The lowest BCUT2D eigenvalue weighted by molar-refractivity contribution is -0.181. The number of aliphatic hydroxyl groups excluding tert-OH is 1. The highest BCUT2D eigenvalue weighted by molar-refractivity contribution is 9.12. The molecule has 0 aromatic heterocycles. The van der Waals surface area contributed by atoms with Crippen molar-refractivity contribution in [3.05, 3.63) is 56.5 Å². The Balaban J connectivity index is 0.000000229. The molecule has 4 atom stereocenters. The van der Waals surface area contributed by atoms with Crippen molar-refractivity contribution in [3.63, 3.8) is 0 Å². The number of hydrogen-bond donors (Lipinski definition) is 1. The first-order valence-electron chi connectivity index (χ1n) is 10.2. The van der Waals surface area contributed by atoms with E-state index in [-0.39, 0.29) is 36.8 Å². The number of nitrogens with zero attached hydrogens (tertiary/aromatic N) is 1. The average Bonchev–Trinajstić information content (AvgIpc) is 3.00. The Labute approximate surface area is 207 Å². The number of hydrogen-bond acceptors (Lipinski definition) is 3. The summed E-state index contributed by atoms with van der Waals surface area (Å²) in [5, 5.41) is 9.10. The number of aliphatic hydroxyl groups is 1. The third-order valence-electron chi connectivity index (χ3n) is 5.91. The van der Waals surface area contributed by atoms with Gasteiger partial charge in [-0.1, -0.05) is 56.1 Å². The smallest absolute Gasteiger partial charge is 0.388 e. The van der Waals surface area contributed by atoms with Gasteiger partial charge in [0.15, 0.2) is 0 Å². The van der Waals surface area contributed by atoms with Gasteiger partial charge in [-0.2, -0.15) is 26.3 Å². The molecule has 0 bridgehead atoms. The summed E-state index contributed by atoms with van der Waals surface area (Å²) in [6.45, 7) is 0. The van der Waals surface area contributed by atoms with Gasteiger partial charge in [0.2, 0.25) is 0 Å². The Kier molecular flexibility index (Phi) is 8.03. The number of rotatable bonds is 1. The predicted molar refractivity (Wildman–Crippen MR) is 118 cm³/mol. The van der Waals surface area contributed by atoms with Crippen LogP contribution in [0.1, 0.15) is 46.4 Å². The normalized spacial score (nSPS) is 27.5. The molecule has 4 nitrogen and oxygen atoms in total. The number of alkyl halides is 6. The van der Waals surface area contributed by atoms with Crippen LogP contribution in [-0.4, -0.2) is 46.3 Å². The molecule has 0 fully saturated rings. The van der Waals surface area contributed by atoms with E-state index in [1.807, 2.05) is 0 Å². The highest BCUT2D eigenvalue weighted by atomic mass is 79.9. The average molecular weight is 619 g/mol. The second kappa shape index (κ2) is 10.1. The molecule has 0 unspecified atom stereocenters. The minimum absolute atomic E-state index is 0.0405. The molecule has 3 aliphatic rings. The molecule has 12 heteroatoms. The summed E-state index contributed by atoms with van der Waals surface area (Å²) < 4.78 is 76.0. The van der Waals surface area contributed by atoms with Gasteiger partial charge in [0.25, 0.3) is 11.8 Å². The number of amides is 2. The van der Waals surface area contributed by atoms with E-state index in [1.54, 1.807) is 12.1 Å². The first kappa shape index (κ1) is 26.9. The summed E-state index contributed by atoms with van der Waals surface area (Å²) in [5.41, 5.74) is 0.476. The monoisotopic (exact) mass is 617 g/mol. The van der Waals surface area contributed by atoms with Crippen molar-refractivity contribution >= 4 is 43.7 Å². The molecular formula is C22H19Br2F6NO3. The van der Waals surface area contributed by atoms with Crippen LogP contribution in [0.25, 0.3) is 0 Å². The second-order valence-electron chi connectivity index (χ2n) is 8.16. The van der Waals surface area contributed by atoms with E-state index < -0.39 is 48.1 Å². The number of carbonyl (C=O) groups excluding carboxylic acids is 2. The van der Waals surface area contributed by atoms with E-state index in [1.165, 1.54) is 24.3 Å². The van der Waals surface area contributed by atoms with Gasteiger partial charge < -0.3 is 5.11 Å². The van der Waals surface area contributed by atoms with Crippen LogP contribution >= 0.6 is 31.9 Å². The summed E-state index contributed by atoms with van der Waals surface area (Å²) in [6, 6.07) is 5.36. The van der Waals surface area contributed by atoms with Gasteiger partial charge in [-0.15, -0.1) is 0 Å². The molecule has 4 rings (SSSR count). The van der Waals surface area contributed by atoms with Gasteiger partial charge >= 0.3 is 12.4 Å². The van der Waals surface area contributed by atoms with Crippen LogP contribution < -0.4 is 0 Å². The van der Waals surface area contributed by atoms with Crippen LogP contribution in [0.3, 0.4) is 0 Å². The highest BCUT2D eigenvalue weighted by Crippen LogP contribution is 2.42. The third kappa shape index (κ3) is 5.76. The Morgan fingerprint density at radius 2 is 1.24 bits per heavy atom. The van der Waals surface area contributed by atoms with Crippen LogP contribution in [0.15, 0.2) is 45.4 Å². The molecule has 1 aliphatic heterocycles. The molecule has 0 radical (unpaired) electrons. The van der Waals surface area contributed by atoms with Crippen molar-refractivity contribution < 1.29 is 41.0 Å².